The highest BCUT2D eigenvalue weighted by molar-refractivity contribution is 7.89. The maximum atomic E-state index is 12.1. The number of rotatable bonds is 6. The van der Waals surface area contributed by atoms with Crippen LogP contribution in [0, 0.1) is 6.92 Å². The fourth-order valence-electron chi connectivity index (χ4n) is 2.07. The van der Waals surface area contributed by atoms with Gasteiger partial charge in [-0.1, -0.05) is 36.4 Å². The predicted octanol–water partition coefficient (Wildman–Crippen LogP) is 2.01. The second kappa shape index (κ2) is 6.85. The van der Waals surface area contributed by atoms with Crippen LogP contribution in [0.4, 0.5) is 0 Å². The van der Waals surface area contributed by atoms with Gasteiger partial charge >= 0.3 is 0 Å². The van der Waals surface area contributed by atoms with E-state index >= 15 is 0 Å². The Hall–Kier alpha value is -1.69. The number of benzene rings is 2. The van der Waals surface area contributed by atoms with Crippen LogP contribution in [0.2, 0.25) is 0 Å². The first kappa shape index (κ1) is 15.7. The molecule has 0 saturated carbocycles. The van der Waals surface area contributed by atoms with Gasteiger partial charge < -0.3 is 5.11 Å². The lowest BCUT2D eigenvalue weighted by molar-refractivity contribution is 0.282. The van der Waals surface area contributed by atoms with E-state index in [0.29, 0.717) is 18.5 Å². The molecule has 0 spiro atoms. The predicted molar refractivity (Wildman–Crippen MR) is 82.4 cm³/mol. The maximum absolute atomic E-state index is 12.1. The molecule has 2 aromatic carbocycles. The number of hydrogen-bond acceptors (Lipinski definition) is 3. The van der Waals surface area contributed by atoms with E-state index in [1.165, 1.54) is 12.1 Å². The van der Waals surface area contributed by atoms with Crippen molar-refractivity contribution in [2.45, 2.75) is 24.8 Å². The topological polar surface area (TPSA) is 66.4 Å². The number of aryl methyl sites for hydroxylation is 1. The van der Waals surface area contributed by atoms with Crippen molar-refractivity contribution in [2.24, 2.45) is 0 Å². The number of sulfonamides is 1. The van der Waals surface area contributed by atoms with Gasteiger partial charge in [-0.25, -0.2) is 13.1 Å². The van der Waals surface area contributed by atoms with E-state index in [9.17, 15) is 8.42 Å². The van der Waals surface area contributed by atoms with Gasteiger partial charge in [-0.15, -0.1) is 0 Å². The molecule has 0 atom stereocenters. The van der Waals surface area contributed by atoms with Gasteiger partial charge in [-0.3, -0.25) is 0 Å². The van der Waals surface area contributed by atoms with Crippen molar-refractivity contribution in [1.82, 2.24) is 4.72 Å². The molecule has 0 unspecified atom stereocenters. The van der Waals surface area contributed by atoms with Crippen LogP contribution in [0.1, 0.15) is 16.7 Å². The highest BCUT2D eigenvalue weighted by atomic mass is 32.2. The fourth-order valence-corrected chi connectivity index (χ4v) is 3.10. The molecule has 0 bridgehead atoms. The van der Waals surface area contributed by atoms with E-state index in [-0.39, 0.29) is 11.5 Å². The number of nitrogens with one attached hydrogen (secondary N) is 1. The van der Waals surface area contributed by atoms with Gasteiger partial charge in [0.15, 0.2) is 0 Å². The van der Waals surface area contributed by atoms with Gasteiger partial charge in [0.1, 0.15) is 0 Å². The molecule has 0 fully saturated rings. The van der Waals surface area contributed by atoms with E-state index < -0.39 is 10.0 Å². The monoisotopic (exact) mass is 305 g/mol. The molecule has 21 heavy (non-hydrogen) atoms. The molecule has 0 radical (unpaired) electrons. The lowest BCUT2D eigenvalue weighted by Gasteiger charge is -2.09. The summed E-state index contributed by atoms with van der Waals surface area (Å²) in [6.45, 7) is 2.27. The SMILES string of the molecule is Cc1ccccc1CCNS(=O)(=O)c1ccc(CO)cc1. The molecule has 2 aromatic rings. The van der Waals surface area contributed by atoms with Crippen molar-refractivity contribution < 1.29 is 13.5 Å². The first-order valence-corrected chi connectivity index (χ1v) is 8.25. The molecular weight excluding hydrogens is 286 g/mol. The van der Waals surface area contributed by atoms with Crippen LogP contribution < -0.4 is 4.72 Å². The lowest BCUT2D eigenvalue weighted by atomic mass is 10.1. The molecule has 0 heterocycles. The molecule has 0 aliphatic carbocycles. The molecule has 2 N–H and O–H groups in total. The van der Waals surface area contributed by atoms with Crippen molar-refractivity contribution in [1.29, 1.82) is 0 Å². The molecule has 112 valence electrons. The Morgan fingerprint density at radius 1 is 1.05 bits per heavy atom. The largest absolute Gasteiger partial charge is 0.392 e. The fraction of sp³-hybridized carbons (Fsp3) is 0.250. The third-order valence-electron chi connectivity index (χ3n) is 3.36. The average molecular weight is 305 g/mol. The highest BCUT2D eigenvalue weighted by Gasteiger charge is 2.13. The molecule has 0 aliphatic rings. The molecule has 0 saturated heterocycles. The Kier molecular flexibility index (Phi) is 5.12. The lowest BCUT2D eigenvalue weighted by Crippen LogP contribution is -2.26. The first-order valence-electron chi connectivity index (χ1n) is 6.77. The smallest absolute Gasteiger partial charge is 0.240 e. The minimum absolute atomic E-state index is 0.0962. The Balaban J connectivity index is 1.99. The minimum atomic E-state index is -3.50. The molecule has 4 nitrogen and oxygen atoms in total. The van der Waals surface area contributed by atoms with Crippen molar-refractivity contribution in [3.63, 3.8) is 0 Å². The van der Waals surface area contributed by atoms with Crippen LogP contribution in [0.5, 0.6) is 0 Å². The Morgan fingerprint density at radius 2 is 1.71 bits per heavy atom. The molecule has 5 heteroatoms. The normalized spacial score (nSPS) is 11.5. The Bertz CT molecular complexity index is 694. The summed E-state index contributed by atoms with van der Waals surface area (Å²) in [4.78, 5) is 0.212. The maximum Gasteiger partial charge on any atom is 0.240 e. The molecule has 0 aromatic heterocycles. The molecular formula is C16H19NO3S. The van der Waals surface area contributed by atoms with Crippen LogP contribution >= 0.6 is 0 Å². The number of aliphatic hydroxyl groups excluding tert-OH is 1. The summed E-state index contributed by atoms with van der Waals surface area (Å²) in [5.74, 6) is 0. The third kappa shape index (κ3) is 4.14. The van der Waals surface area contributed by atoms with Crippen molar-refractivity contribution >= 4 is 10.0 Å². The zero-order chi connectivity index (χ0) is 15.3. The van der Waals surface area contributed by atoms with Crippen LogP contribution in [0.25, 0.3) is 0 Å². The van der Waals surface area contributed by atoms with E-state index in [1.807, 2.05) is 31.2 Å². The second-order valence-corrected chi connectivity index (χ2v) is 6.64. The molecule has 0 aliphatic heterocycles. The van der Waals surface area contributed by atoms with Crippen LogP contribution in [-0.2, 0) is 23.1 Å². The van der Waals surface area contributed by atoms with E-state index in [0.717, 1.165) is 11.1 Å². The van der Waals surface area contributed by atoms with Gasteiger partial charge in [-0.05, 0) is 42.2 Å². The summed E-state index contributed by atoms with van der Waals surface area (Å²) < 4.78 is 26.9. The van der Waals surface area contributed by atoms with Crippen molar-refractivity contribution in [3.05, 3.63) is 65.2 Å². The van der Waals surface area contributed by atoms with E-state index in [4.69, 9.17) is 5.11 Å². The van der Waals surface area contributed by atoms with Crippen molar-refractivity contribution in [3.8, 4) is 0 Å². The van der Waals surface area contributed by atoms with Crippen LogP contribution in [0.15, 0.2) is 53.4 Å². The first-order chi connectivity index (χ1) is 10.0. The standard InChI is InChI=1S/C16H19NO3S/c1-13-4-2-3-5-15(13)10-11-17-21(19,20)16-8-6-14(12-18)7-9-16/h2-9,17-18H,10-12H2,1H3. The van der Waals surface area contributed by atoms with Crippen molar-refractivity contribution in [2.75, 3.05) is 6.54 Å². The summed E-state index contributed by atoms with van der Waals surface area (Å²) >= 11 is 0. The molecule has 0 amide bonds. The van der Waals surface area contributed by atoms with Crippen LogP contribution in [-0.4, -0.2) is 20.1 Å². The zero-order valence-corrected chi connectivity index (χ0v) is 12.7. The average Bonchev–Trinajstić information content (AvgIpc) is 2.49. The van der Waals surface area contributed by atoms with E-state index in [1.54, 1.807) is 12.1 Å². The highest BCUT2D eigenvalue weighted by Crippen LogP contribution is 2.11. The summed E-state index contributed by atoms with van der Waals surface area (Å²) in [5, 5.41) is 8.96. The summed E-state index contributed by atoms with van der Waals surface area (Å²) in [5.41, 5.74) is 2.98. The van der Waals surface area contributed by atoms with E-state index in [2.05, 4.69) is 4.72 Å². The summed E-state index contributed by atoms with van der Waals surface area (Å²) in [6, 6.07) is 14.1. The molecule has 2 rings (SSSR count). The second-order valence-electron chi connectivity index (χ2n) is 4.88. The van der Waals surface area contributed by atoms with Gasteiger partial charge in [0.2, 0.25) is 10.0 Å². The quantitative estimate of drug-likeness (QED) is 0.858. The Morgan fingerprint density at radius 3 is 2.33 bits per heavy atom. The summed E-state index contributed by atoms with van der Waals surface area (Å²) in [6.07, 6.45) is 0.653. The van der Waals surface area contributed by atoms with Gasteiger partial charge in [0.05, 0.1) is 11.5 Å². The third-order valence-corrected chi connectivity index (χ3v) is 4.84. The zero-order valence-electron chi connectivity index (χ0n) is 11.9. The van der Waals surface area contributed by atoms with Gasteiger partial charge in [-0.2, -0.15) is 0 Å². The number of aliphatic hydroxyl groups is 1. The summed E-state index contributed by atoms with van der Waals surface area (Å²) in [7, 11) is -3.50. The Labute approximate surface area is 125 Å². The van der Waals surface area contributed by atoms with Crippen LogP contribution in [0.3, 0.4) is 0 Å². The van der Waals surface area contributed by atoms with Gasteiger partial charge in [0.25, 0.3) is 0 Å². The van der Waals surface area contributed by atoms with Gasteiger partial charge in [0, 0.05) is 6.54 Å². The number of hydrogen-bond donors (Lipinski definition) is 2. The minimum Gasteiger partial charge on any atom is -0.392 e.